The third-order valence-electron chi connectivity index (χ3n) is 4.25. The van der Waals surface area contributed by atoms with E-state index in [0.717, 1.165) is 35.2 Å². The fourth-order valence-corrected chi connectivity index (χ4v) is 3.15. The summed E-state index contributed by atoms with van der Waals surface area (Å²) in [4.78, 5) is 0. The van der Waals surface area contributed by atoms with Crippen LogP contribution in [-0.2, 0) is 0 Å². The molecule has 0 aliphatic carbocycles. The van der Waals surface area contributed by atoms with Gasteiger partial charge in [-0.15, -0.1) is 0 Å². The van der Waals surface area contributed by atoms with E-state index in [0.29, 0.717) is 5.56 Å². The van der Waals surface area contributed by atoms with Gasteiger partial charge in [0.15, 0.2) is 0 Å². The highest BCUT2D eigenvalue weighted by molar-refractivity contribution is 9.09. The summed E-state index contributed by atoms with van der Waals surface area (Å²) in [7, 11) is 0. The molecule has 2 nitrogen and oxygen atoms in total. The number of ether oxygens (including phenoxy) is 1. The highest BCUT2D eigenvalue weighted by Crippen LogP contribution is 2.23. The van der Waals surface area contributed by atoms with Crippen molar-refractivity contribution in [3.05, 3.63) is 54.1 Å². The van der Waals surface area contributed by atoms with Gasteiger partial charge in [0.1, 0.15) is 5.75 Å². The molecule has 0 N–H and O–H groups in total. The number of nitrogens with zero attached hydrogens (tertiary/aromatic N) is 1. The van der Waals surface area contributed by atoms with Gasteiger partial charge in [0.05, 0.1) is 18.2 Å². The molecule has 0 saturated heterocycles. The summed E-state index contributed by atoms with van der Waals surface area (Å²) in [5, 5.41) is 9.98. The minimum absolute atomic E-state index is 0.687. The van der Waals surface area contributed by atoms with E-state index in [4.69, 9.17) is 10.00 Å². The lowest BCUT2D eigenvalue weighted by atomic mass is 10.0. The molecule has 25 heavy (non-hydrogen) atoms. The molecule has 0 aliphatic heterocycles. The first-order chi connectivity index (χ1) is 12.3. The van der Waals surface area contributed by atoms with Crippen molar-refractivity contribution in [2.24, 2.45) is 0 Å². The molecule has 2 rings (SSSR count). The lowest BCUT2D eigenvalue weighted by Gasteiger charge is -2.08. The Bertz CT molecular complexity index is 643. The SMILES string of the molecule is N#Cc1ccc(-c2ccc(OCCCCCCCCCBr)cc2)cc1. The molecular weight excluding hydrogens is 374 g/mol. The fraction of sp³-hybridized carbons (Fsp3) is 0.409. The fourth-order valence-electron chi connectivity index (χ4n) is 2.75. The maximum atomic E-state index is 8.85. The van der Waals surface area contributed by atoms with E-state index >= 15 is 0 Å². The summed E-state index contributed by atoms with van der Waals surface area (Å²) in [6.45, 7) is 0.789. The zero-order valence-electron chi connectivity index (χ0n) is 14.7. The number of unbranched alkanes of at least 4 members (excludes halogenated alkanes) is 6. The van der Waals surface area contributed by atoms with Gasteiger partial charge in [-0.25, -0.2) is 0 Å². The van der Waals surface area contributed by atoms with Gasteiger partial charge in [0.25, 0.3) is 0 Å². The van der Waals surface area contributed by atoms with Gasteiger partial charge in [0.2, 0.25) is 0 Å². The number of halogens is 1. The Balaban J connectivity index is 1.66. The molecule has 0 radical (unpaired) electrons. The summed E-state index contributed by atoms with van der Waals surface area (Å²) in [5.74, 6) is 0.926. The van der Waals surface area contributed by atoms with Crippen LogP contribution in [-0.4, -0.2) is 11.9 Å². The summed E-state index contributed by atoms with van der Waals surface area (Å²) in [6, 6.07) is 18.0. The maximum Gasteiger partial charge on any atom is 0.119 e. The van der Waals surface area contributed by atoms with Gasteiger partial charge < -0.3 is 4.74 Å². The number of rotatable bonds is 11. The van der Waals surface area contributed by atoms with E-state index < -0.39 is 0 Å². The van der Waals surface area contributed by atoms with Crippen LogP contribution < -0.4 is 4.74 Å². The molecule has 0 atom stereocenters. The van der Waals surface area contributed by atoms with Gasteiger partial charge >= 0.3 is 0 Å². The van der Waals surface area contributed by atoms with Crippen LogP contribution in [0.3, 0.4) is 0 Å². The van der Waals surface area contributed by atoms with E-state index in [9.17, 15) is 0 Å². The molecule has 0 fully saturated rings. The van der Waals surface area contributed by atoms with Crippen LogP contribution in [0.15, 0.2) is 48.5 Å². The highest BCUT2D eigenvalue weighted by Gasteiger charge is 2.00. The molecule has 0 aromatic heterocycles. The number of alkyl halides is 1. The Morgan fingerprint density at radius 1 is 0.720 bits per heavy atom. The average molecular weight is 400 g/mol. The first-order valence-electron chi connectivity index (χ1n) is 9.13. The lowest BCUT2D eigenvalue weighted by molar-refractivity contribution is 0.304. The van der Waals surface area contributed by atoms with E-state index in [1.54, 1.807) is 0 Å². The van der Waals surface area contributed by atoms with Crippen LogP contribution >= 0.6 is 15.9 Å². The van der Waals surface area contributed by atoms with E-state index in [2.05, 4.69) is 34.1 Å². The molecule has 132 valence electrons. The van der Waals surface area contributed by atoms with Crippen molar-refractivity contribution in [2.45, 2.75) is 44.9 Å². The van der Waals surface area contributed by atoms with Crippen LogP contribution in [0, 0.1) is 11.3 Å². The molecule has 2 aromatic rings. The maximum absolute atomic E-state index is 8.85. The van der Waals surface area contributed by atoms with Gasteiger partial charge in [-0.2, -0.15) is 5.26 Å². The smallest absolute Gasteiger partial charge is 0.119 e. The van der Waals surface area contributed by atoms with E-state index in [1.807, 2.05) is 36.4 Å². The van der Waals surface area contributed by atoms with E-state index in [1.165, 1.54) is 38.5 Å². The molecule has 2 aromatic carbocycles. The van der Waals surface area contributed by atoms with Crippen molar-refractivity contribution in [2.75, 3.05) is 11.9 Å². The van der Waals surface area contributed by atoms with Gasteiger partial charge in [-0.1, -0.05) is 72.3 Å². The van der Waals surface area contributed by atoms with Gasteiger partial charge in [-0.3, -0.25) is 0 Å². The third kappa shape index (κ3) is 7.32. The Morgan fingerprint density at radius 3 is 1.80 bits per heavy atom. The summed E-state index contributed by atoms with van der Waals surface area (Å²) in [5.41, 5.74) is 2.94. The van der Waals surface area contributed by atoms with Crippen LogP contribution in [0.5, 0.6) is 5.75 Å². The molecular formula is C22H26BrNO. The zero-order valence-corrected chi connectivity index (χ0v) is 16.3. The molecule has 3 heteroatoms. The van der Waals surface area contributed by atoms with E-state index in [-0.39, 0.29) is 0 Å². The molecule has 0 heterocycles. The molecule has 0 spiro atoms. The van der Waals surface area contributed by atoms with Crippen molar-refractivity contribution in [1.82, 2.24) is 0 Å². The first kappa shape index (κ1) is 19.5. The Labute approximate surface area is 160 Å². The van der Waals surface area contributed by atoms with Gasteiger partial charge in [-0.05, 0) is 48.2 Å². The van der Waals surface area contributed by atoms with Crippen molar-refractivity contribution in [1.29, 1.82) is 5.26 Å². The number of hydrogen-bond donors (Lipinski definition) is 0. The topological polar surface area (TPSA) is 33.0 Å². The quantitative estimate of drug-likeness (QED) is 0.309. The number of nitriles is 1. The molecule has 0 saturated carbocycles. The van der Waals surface area contributed by atoms with Crippen LogP contribution in [0.4, 0.5) is 0 Å². The first-order valence-corrected chi connectivity index (χ1v) is 10.2. The second-order valence-electron chi connectivity index (χ2n) is 6.23. The van der Waals surface area contributed by atoms with Crippen LogP contribution in [0.1, 0.15) is 50.5 Å². The van der Waals surface area contributed by atoms with Crippen molar-refractivity contribution in [3.8, 4) is 22.9 Å². The van der Waals surface area contributed by atoms with Crippen LogP contribution in [0.25, 0.3) is 11.1 Å². The lowest BCUT2D eigenvalue weighted by Crippen LogP contribution is -1.97. The molecule has 0 bridgehead atoms. The predicted octanol–water partition coefficient (Wildman–Crippen LogP) is 6.73. The van der Waals surface area contributed by atoms with Crippen molar-refractivity contribution in [3.63, 3.8) is 0 Å². The van der Waals surface area contributed by atoms with Crippen molar-refractivity contribution >= 4 is 15.9 Å². The monoisotopic (exact) mass is 399 g/mol. The number of hydrogen-bond acceptors (Lipinski definition) is 2. The standard InChI is InChI=1S/C22H26BrNO/c23-16-6-4-2-1-3-5-7-17-25-22-14-12-21(13-15-22)20-10-8-19(18-24)9-11-20/h8-15H,1-7,16-17H2. The minimum Gasteiger partial charge on any atom is -0.494 e. The number of benzene rings is 2. The average Bonchev–Trinajstić information content (AvgIpc) is 2.67. The highest BCUT2D eigenvalue weighted by atomic mass is 79.9. The Morgan fingerprint density at radius 2 is 1.24 bits per heavy atom. The summed E-state index contributed by atoms with van der Waals surface area (Å²) < 4.78 is 5.83. The Hall–Kier alpha value is -1.79. The second-order valence-corrected chi connectivity index (χ2v) is 7.02. The minimum atomic E-state index is 0.687. The third-order valence-corrected chi connectivity index (χ3v) is 4.81. The summed E-state index contributed by atoms with van der Waals surface area (Å²) in [6.07, 6.45) is 9.00. The van der Waals surface area contributed by atoms with Crippen LogP contribution in [0.2, 0.25) is 0 Å². The molecule has 0 unspecified atom stereocenters. The van der Waals surface area contributed by atoms with Gasteiger partial charge in [0, 0.05) is 5.33 Å². The summed E-state index contributed by atoms with van der Waals surface area (Å²) >= 11 is 3.47. The molecule has 0 aliphatic rings. The Kier molecular flexibility index (Phi) is 9.15. The predicted molar refractivity (Wildman–Crippen MR) is 108 cm³/mol. The second kappa shape index (κ2) is 11.7. The normalized spacial score (nSPS) is 10.4. The largest absolute Gasteiger partial charge is 0.494 e. The van der Waals surface area contributed by atoms with Crippen molar-refractivity contribution < 1.29 is 4.74 Å². The zero-order chi connectivity index (χ0) is 17.7. The molecule has 0 amide bonds.